The fraction of sp³-hybridized carbons (Fsp3) is 0.188. The van der Waals surface area contributed by atoms with Crippen LogP contribution in [0.4, 0.5) is 10.1 Å². The molecule has 1 heterocycles. The van der Waals surface area contributed by atoms with Crippen LogP contribution < -0.4 is 5.01 Å². The minimum absolute atomic E-state index is 0.156. The molecule has 1 atom stereocenters. The SMILES string of the molecule is CC1=NN(c2ccccc2)C(c2ccc(F)cc2)C1. The zero-order valence-electron chi connectivity index (χ0n) is 10.8. The number of halogens is 1. The Morgan fingerprint density at radius 1 is 1.05 bits per heavy atom. The molecule has 0 saturated heterocycles. The molecule has 0 amide bonds. The molecule has 19 heavy (non-hydrogen) atoms. The summed E-state index contributed by atoms with van der Waals surface area (Å²) in [6, 6.07) is 16.9. The molecule has 1 unspecified atom stereocenters. The van der Waals surface area contributed by atoms with Gasteiger partial charge in [0, 0.05) is 12.1 Å². The van der Waals surface area contributed by atoms with Crippen molar-refractivity contribution in [3.05, 3.63) is 66.0 Å². The maximum atomic E-state index is 13.0. The van der Waals surface area contributed by atoms with Crippen molar-refractivity contribution in [3.63, 3.8) is 0 Å². The van der Waals surface area contributed by atoms with Gasteiger partial charge >= 0.3 is 0 Å². The molecule has 2 nitrogen and oxygen atoms in total. The molecule has 3 rings (SSSR count). The highest BCUT2D eigenvalue weighted by molar-refractivity contribution is 5.86. The second-order valence-corrected chi connectivity index (χ2v) is 4.79. The summed E-state index contributed by atoms with van der Waals surface area (Å²) in [6.45, 7) is 2.03. The van der Waals surface area contributed by atoms with E-state index in [1.54, 1.807) is 0 Å². The van der Waals surface area contributed by atoms with E-state index in [9.17, 15) is 4.39 Å². The molecule has 0 bridgehead atoms. The van der Waals surface area contributed by atoms with Gasteiger partial charge in [0.25, 0.3) is 0 Å². The predicted octanol–water partition coefficient (Wildman–Crippen LogP) is 4.15. The van der Waals surface area contributed by atoms with E-state index >= 15 is 0 Å². The quantitative estimate of drug-likeness (QED) is 0.786. The minimum atomic E-state index is -0.203. The molecule has 0 aromatic heterocycles. The van der Waals surface area contributed by atoms with Crippen LogP contribution in [0.1, 0.15) is 24.9 Å². The van der Waals surface area contributed by atoms with Crippen molar-refractivity contribution in [2.75, 3.05) is 5.01 Å². The van der Waals surface area contributed by atoms with Crippen LogP contribution in [0.3, 0.4) is 0 Å². The molecule has 0 N–H and O–H groups in total. The Labute approximate surface area is 112 Å². The molecule has 0 saturated carbocycles. The molecule has 1 aliphatic heterocycles. The van der Waals surface area contributed by atoms with E-state index in [2.05, 4.69) is 5.10 Å². The first-order valence-corrected chi connectivity index (χ1v) is 6.38. The lowest BCUT2D eigenvalue weighted by Gasteiger charge is -2.24. The lowest BCUT2D eigenvalue weighted by atomic mass is 10.0. The van der Waals surface area contributed by atoms with E-state index in [0.29, 0.717) is 0 Å². The third-order valence-corrected chi connectivity index (χ3v) is 3.34. The van der Waals surface area contributed by atoms with Gasteiger partial charge in [-0.1, -0.05) is 30.3 Å². The van der Waals surface area contributed by atoms with Crippen LogP contribution in [0.25, 0.3) is 0 Å². The van der Waals surface area contributed by atoms with Gasteiger partial charge in [-0.25, -0.2) is 4.39 Å². The molecule has 3 heteroatoms. The van der Waals surface area contributed by atoms with Crippen LogP contribution in [0.15, 0.2) is 59.7 Å². The second kappa shape index (κ2) is 4.84. The Morgan fingerprint density at radius 2 is 1.74 bits per heavy atom. The van der Waals surface area contributed by atoms with Crippen molar-refractivity contribution < 1.29 is 4.39 Å². The number of hydrazone groups is 1. The lowest BCUT2D eigenvalue weighted by molar-refractivity contribution is 0.624. The normalized spacial score (nSPS) is 18.5. The molecular formula is C16H15FN2. The Hall–Kier alpha value is -2.16. The van der Waals surface area contributed by atoms with Gasteiger partial charge in [-0.2, -0.15) is 5.10 Å². The van der Waals surface area contributed by atoms with Crippen molar-refractivity contribution >= 4 is 11.4 Å². The zero-order valence-corrected chi connectivity index (χ0v) is 10.8. The lowest BCUT2D eigenvalue weighted by Crippen LogP contribution is -2.18. The first-order valence-electron chi connectivity index (χ1n) is 6.38. The van der Waals surface area contributed by atoms with Crippen LogP contribution in [0, 0.1) is 5.82 Å². The number of hydrogen-bond donors (Lipinski definition) is 0. The van der Waals surface area contributed by atoms with Crippen LogP contribution in [0.2, 0.25) is 0 Å². The Kier molecular flexibility index (Phi) is 3.03. The number of para-hydroxylation sites is 1. The molecule has 0 radical (unpaired) electrons. The molecule has 96 valence electrons. The van der Waals surface area contributed by atoms with Crippen molar-refractivity contribution in [2.45, 2.75) is 19.4 Å². The summed E-state index contributed by atoms with van der Waals surface area (Å²) in [5.41, 5.74) is 3.25. The van der Waals surface area contributed by atoms with Gasteiger partial charge in [-0.3, -0.25) is 5.01 Å². The van der Waals surface area contributed by atoms with Crippen molar-refractivity contribution in [1.29, 1.82) is 0 Å². The number of nitrogens with zero attached hydrogens (tertiary/aromatic N) is 2. The van der Waals surface area contributed by atoms with Gasteiger partial charge in [0.1, 0.15) is 5.82 Å². The molecule has 1 aliphatic rings. The van der Waals surface area contributed by atoms with Crippen molar-refractivity contribution in [2.24, 2.45) is 5.10 Å². The van der Waals surface area contributed by atoms with E-state index in [1.807, 2.05) is 54.4 Å². The highest BCUT2D eigenvalue weighted by atomic mass is 19.1. The third kappa shape index (κ3) is 2.36. The van der Waals surface area contributed by atoms with E-state index in [1.165, 1.54) is 12.1 Å². The van der Waals surface area contributed by atoms with Crippen LogP contribution >= 0.6 is 0 Å². The monoisotopic (exact) mass is 254 g/mol. The number of benzene rings is 2. The highest BCUT2D eigenvalue weighted by Crippen LogP contribution is 2.34. The summed E-state index contributed by atoms with van der Waals surface area (Å²) in [5, 5.41) is 6.61. The first-order chi connectivity index (χ1) is 9.24. The number of hydrogen-bond acceptors (Lipinski definition) is 2. The van der Waals surface area contributed by atoms with Crippen LogP contribution in [-0.2, 0) is 0 Å². The maximum absolute atomic E-state index is 13.0. The molecular weight excluding hydrogens is 239 g/mol. The summed E-state index contributed by atoms with van der Waals surface area (Å²) in [7, 11) is 0. The van der Waals surface area contributed by atoms with Gasteiger partial charge in [0.2, 0.25) is 0 Å². The molecule has 2 aromatic carbocycles. The summed E-state index contributed by atoms with van der Waals surface area (Å²) < 4.78 is 13.0. The number of anilines is 1. The molecule has 0 aliphatic carbocycles. The topological polar surface area (TPSA) is 15.6 Å². The van der Waals surface area contributed by atoms with Crippen LogP contribution in [0.5, 0.6) is 0 Å². The standard InChI is InChI=1S/C16H15FN2/c1-12-11-16(13-7-9-14(17)10-8-13)19(18-12)15-5-3-2-4-6-15/h2-10,16H,11H2,1H3. The van der Waals surface area contributed by atoms with Gasteiger partial charge < -0.3 is 0 Å². The van der Waals surface area contributed by atoms with Gasteiger partial charge in [0.15, 0.2) is 0 Å². The summed E-state index contributed by atoms with van der Waals surface area (Å²) in [4.78, 5) is 0. The number of rotatable bonds is 2. The van der Waals surface area contributed by atoms with E-state index in [0.717, 1.165) is 23.4 Å². The second-order valence-electron chi connectivity index (χ2n) is 4.79. The molecule has 0 spiro atoms. The average molecular weight is 254 g/mol. The first kappa shape index (κ1) is 11.9. The summed E-state index contributed by atoms with van der Waals surface area (Å²) in [5.74, 6) is -0.203. The van der Waals surface area contributed by atoms with Crippen molar-refractivity contribution in [3.8, 4) is 0 Å². The summed E-state index contributed by atoms with van der Waals surface area (Å²) in [6.07, 6.45) is 0.876. The molecule has 0 fully saturated rings. The zero-order chi connectivity index (χ0) is 13.2. The van der Waals surface area contributed by atoms with Crippen LogP contribution in [-0.4, -0.2) is 5.71 Å². The van der Waals surface area contributed by atoms with Gasteiger partial charge in [-0.05, 0) is 36.8 Å². The predicted molar refractivity (Wildman–Crippen MR) is 75.8 cm³/mol. The Balaban J connectivity index is 1.95. The Morgan fingerprint density at radius 3 is 2.42 bits per heavy atom. The van der Waals surface area contributed by atoms with E-state index in [-0.39, 0.29) is 11.9 Å². The summed E-state index contributed by atoms with van der Waals surface area (Å²) >= 11 is 0. The van der Waals surface area contributed by atoms with E-state index in [4.69, 9.17) is 0 Å². The smallest absolute Gasteiger partial charge is 0.123 e. The van der Waals surface area contributed by atoms with Crippen molar-refractivity contribution in [1.82, 2.24) is 0 Å². The van der Waals surface area contributed by atoms with Gasteiger partial charge in [0.05, 0.1) is 11.7 Å². The third-order valence-electron chi connectivity index (χ3n) is 3.34. The Bertz CT molecular complexity index is 590. The minimum Gasteiger partial charge on any atom is -0.258 e. The molecule has 2 aromatic rings. The largest absolute Gasteiger partial charge is 0.258 e. The maximum Gasteiger partial charge on any atom is 0.123 e. The highest BCUT2D eigenvalue weighted by Gasteiger charge is 2.27. The fourth-order valence-corrected chi connectivity index (χ4v) is 2.42. The van der Waals surface area contributed by atoms with E-state index < -0.39 is 0 Å². The fourth-order valence-electron chi connectivity index (χ4n) is 2.42. The average Bonchev–Trinajstić information content (AvgIpc) is 2.83. The van der Waals surface area contributed by atoms with Gasteiger partial charge in [-0.15, -0.1) is 0 Å².